The first-order chi connectivity index (χ1) is 9.06. The lowest BCUT2D eigenvalue weighted by molar-refractivity contribution is 0.320. The molecule has 0 radical (unpaired) electrons. The highest BCUT2D eigenvalue weighted by molar-refractivity contribution is 7.62. The van der Waals surface area contributed by atoms with Crippen molar-refractivity contribution in [3.63, 3.8) is 0 Å². The van der Waals surface area contributed by atoms with E-state index in [2.05, 4.69) is 6.92 Å². The van der Waals surface area contributed by atoms with Crippen molar-refractivity contribution >= 4 is 39.5 Å². The Bertz CT molecular complexity index is 186. The molecule has 0 aromatic rings. The van der Waals surface area contributed by atoms with E-state index >= 15 is 0 Å². The summed E-state index contributed by atoms with van der Waals surface area (Å²) in [5.74, 6) is 0. The molecule has 0 aromatic carbocycles. The van der Waals surface area contributed by atoms with Gasteiger partial charge in [0.25, 0.3) is 0 Å². The van der Waals surface area contributed by atoms with Gasteiger partial charge in [0, 0.05) is 6.61 Å². The molecule has 0 atom stereocenters. The molecule has 0 heterocycles. The Labute approximate surface area is 134 Å². The third kappa shape index (κ3) is 19.0. The van der Waals surface area contributed by atoms with E-state index in [9.17, 15) is 0 Å². The maximum atomic E-state index is 5.62. The first-order valence-corrected chi connectivity index (χ1v) is 12.7. The first kappa shape index (κ1) is 20.0. The van der Waals surface area contributed by atoms with Crippen molar-refractivity contribution in [3.8, 4) is 0 Å². The van der Waals surface area contributed by atoms with Gasteiger partial charge in [-0.25, -0.2) is 0 Å². The molecule has 0 rings (SSSR count). The van der Waals surface area contributed by atoms with E-state index in [1.807, 2.05) is 0 Å². The van der Waals surface area contributed by atoms with Gasteiger partial charge in [-0.3, -0.25) is 0 Å². The summed E-state index contributed by atoms with van der Waals surface area (Å²) >= 11 is 16.9. The molecule has 0 aliphatic heterocycles. The molecule has 0 spiro atoms. The normalized spacial score (nSPS) is 12.0. The summed E-state index contributed by atoms with van der Waals surface area (Å²) < 4.78 is 5.16. The number of hydrogen-bond acceptors (Lipinski definition) is 1. The minimum Gasteiger partial charge on any atom is -0.381 e. The van der Waals surface area contributed by atoms with Crippen molar-refractivity contribution in [2.75, 3.05) is 6.61 Å². The first-order valence-electron chi connectivity index (χ1n) is 7.77. The van der Waals surface area contributed by atoms with Crippen LogP contribution in [-0.2, 0) is 4.43 Å². The van der Waals surface area contributed by atoms with E-state index in [0.29, 0.717) is 6.61 Å². The molecule has 0 fully saturated rings. The monoisotopic (exact) mass is 346 g/mol. The molecule has 0 aliphatic rings. The average molecular weight is 348 g/mol. The standard InChI is InChI=1S/C14H29Cl3OSi/c1-2-3-4-5-6-7-8-9-10-11-12-13-14-18-19(15,16)17/h2-14H2,1H3. The summed E-state index contributed by atoms with van der Waals surface area (Å²) in [5.41, 5.74) is 0. The minimum absolute atomic E-state index is 0.597. The van der Waals surface area contributed by atoms with Crippen LogP contribution in [0.4, 0.5) is 0 Å². The van der Waals surface area contributed by atoms with Crippen LogP contribution in [0.15, 0.2) is 0 Å². The second-order valence-electron chi connectivity index (χ2n) is 5.18. The summed E-state index contributed by atoms with van der Waals surface area (Å²) in [7, 11) is 0. The van der Waals surface area contributed by atoms with Crippen LogP contribution in [0.2, 0.25) is 0 Å². The Kier molecular flexibility index (Phi) is 14.8. The molecule has 0 amide bonds. The zero-order valence-electron chi connectivity index (χ0n) is 12.2. The highest BCUT2D eigenvalue weighted by Gasteiger charge is 2.26. The van der Waals surface area contributed by atoms with Gasteiger partial charge in [0.15, 0.2) is 0 Å². The number of rotatable bonds is 14. The Balaban J connectivity index is 2.99. The van der Waals surface area contributed by atoms with Crippen molar-refractivity contribution in [2.45, 2.75) is 84.0 Å². The lowest BCUT2D eigenvalue weighted by Crippen LogP contribution is -2.16. The van der Waals surface area contributed by atoms with Gasteiger partial charge >= 0.3 is 6.25 Å². The van der Waals surface area contributed by atoms with Crippen LogP contribution >= 0.6 is 33.2 Å². The van der Waals surface area contributed by atoms with Gasteiger partial charge in [-0.1, -0.05) is 111 Å². The summed E-state index contributed by atoms with van der Waals surface area (Å²) in [5, 5.41) is 0. The van der Waals surface area contributed by atoms with E-state index in [4.69, 9.17) is 37.7 Å². The summed E-state index contributed by atoms with van der Waals surface area (Å²) in [6.07, 6.45) is 13.1. The van der Waals surface area contributed by atoms with E-state index in [0.717, 1.165) is 6.42 Å². The molecule has 19 heavy (non-hydrogen) atoms. The van der Waals surface area contributed by atoms with Gasteiger partial charge in [-0.05, 0) is 6.42 Å². The predicted octanol–water partition coefficient (Wildman–Crippen LogP) is 6.86. The average Bonchev–Trinajstić information content (AvgIpc) is 2.34. The molecule has 0 saturated carbocycles. The SMILES string of the molecule is CCCCCCCCCCCCCCO[Si](Cl)(Cl)Cl. The fourth-order valence-electron chi connectivity index (χ4n) is 2.13. The molecule has 0 N–H and O–H groups in total. The molecule has 0 saturated heterocycles. The van der Waals surface area contributed by atoms with Gasteiger partial charge in [0.2, 0.25) is 0 Å². The zero-order chi connectivity index (χ0) is 14.4. The Hall–Kier alpha value is 1.05. The molecular weight excluding hydrogens is 319 g/mol. The smallest absolute Gasteiger partial charge is 0.381 e. The summed E-state index contributed by atoms with van der Waals surface area (Å²) in [6, 6.07) is 0. The Morgan fingerprint density at radius 1 is 0.632 bits per heavy atom. The molecule has 1 nitrogen and oxygen atoms in total. The highest BCUT2D eigenvalue weighted by atomic mass is 35.8. The van der Waals surface area contributed by atoms with Crippen LogP contribution in [-0.4, -0.2) is 12.9 Å². The molecule has 0 aliphatic carbocycles. The van der Waals surface area contributed by atoms with E-state index in [1.54, 1.807) is 0 Å². The van der Waals surface area contributed by atoms with Crippen LogP contribution in [0, 0.1) is 0 Å². The van der Waals surface area contributed by atoms with Crippen molar-refractivity contribution in [1.82, 2.24) is 0 Å². The van der Waals surface area contributed by atoms with Gasteiger partial charge in [-0.2, -0.15) is 0 Å². The van der Waals surface area contributed by atoms with Crippen LogP contribution in [0.1, 0.15) is 84.0 Å². The molecule has 5 heteroatoms. The fraction of sp³-hybridized carbons (Fsp3) is 1.00. The van der Waals surface area contributed by atoms with E-state index < -0.39 is 6.25 Å². The van der Waals surface area contributed by atoms with E-state index in [-0.39, 0.29) is 0 Å². The minimum atomic E-state index is -2.84. The van der Waals surface area contributed by atoms with Gasteiger partial charge < -0.3 is 4.43 Å². The third-order valence-electron chi connectivity index (χ3n) is 3.26. The quantitative estimate of drug-likeness (QED) is 0.189. The summed E-state index contributed by atoms with van der Waals surface area (Å²) in [6.45, 7) is 2.86. The second-order valence-corrected chi connectivity index (χ2v) is 12.9. The number of halogens is 3. The number of unbranched alkanes of at least 4 members (excludes halogenated alkanes) is 11. The summed E-state index contributed by atoms with van der Waals surface area (Å²) in [4.78, 5) is 0. The largest absolute Gasteiger partial charge is 0.493 e. The second kappa shape index (κ2) is 14.0. The van der Waals surface area contributed by atoms with Crippen LogP contribution < -0.4 is 0 Å². The van der Waals surface area contributed by atoms with Crippen LogP contribution in [0.3, 0.4) is 0 Å². The topological polar surface area (TPSA) is 9.23 Å². The Morgan fingerprint density at radius 3 is 1.37 bits per heavy atom. The lowest BCUT2D eigenvalue weighted by Gasteiger charge is -2.08. The molecule has 0 bridgehead atoms. The predicted molar refractivity (Wildman–Crippen MR) is 90.3 cm³/mol. The fourth-order valence-corrected chi connectivity index (χ4v) is 3.20. The Morgan fingerprint density at radius 2 is 1.00 bits per heavy atom. The van der Waals surface area contributed by atoms with Crippen molar-refractivity contribution < 1.29 is 4.43 Å². The maximum Gasteiger partial charge on any atom is 0.493 e. The zero-order valence-corrected chi connectivity index (χ0v) is 15.5. The van der Waals surface area contributed by atoms with Gasteiger partial charge in [0.05, 0.1) is 0 Å². The molecule has 116 valence electrons. The van der Waals surface area contributed by atoms with Crippen molar-refractivity contribution in [3.05, 3.63) is 0 Å². The molecule has 0 unspecified atom stereocenters. The maximum absolute atomic E-state index is 5.62. The lowest BCUT2D eigenvalue weighted by atomic mass is 10.1. The van der Waals surface area contributed by atoms with Crippen molar-refractivity contribution in [2.24, 2.45) is 0 Å². The van der Waals surface area contributed by atoms with Crippen molar-refractivity contribution in [1.29, 1.82) is 0 Å². The van der Waals surface area contributed by atoms with Gasteiger partial charge in [0.1, 0.15) is 0 Å². The molecular formula is C14H29Cl3OSi. The van der Waals surface area contributed by atoms with Crippen LogP contribution in [0.5, 0.6) is 0 Å². The van der Waals surface area contributed by atoms with Crippen LogP contribution in [0.25, 0.3) is 0 Å². The number of hydrogen-bond donors (Lipinski definition) is 0. The van der Waals surface area contributed by atoms with Gasteiger partial charge in [-0.15, -0.1) is 0 Å². The molecule has 0 aromatic heterocycles. The third-order valence-corrected chi connectivity index (χ3v) is 4.78. The highest BCUT2D eigenvalue weighted by Crippen LogP contribution is 2.21. The van der Waals surface area contributed by atoms with E-state index in [1.165, 1.54) is 70.6 Å².